The molecule has 0 spiro atoms. The first kappa shape index (κ1) is 14.8. The first-order chi connectivity index (χ1) is 10.7. The van der Waals surface area contributed by atoms with E-state index in [1.54, 1.807) is 17.1 Å². The molecule has 1 aliphatic rings. The highest BCUT2D eigenvalue weighted by Crippen LogP contribution is 2.23. The number of nitrogens with one attached hydrogen (secondary N) is 1. The minimum absolute atomic E-state index is 0.187. The lowest BCUT2D eigenvalue weighted by Gasteiger charge is -2.20. The predicted molar refractivity (Wildman–Crippen MR) is 84.5 cm³/mol. The van der Waals surface area contributed by atoms with E-state index in [1.165, 1.54) is 19.3 Å². The van der Waals surface area contributed by atoms with Crippen molar-refractivity contribution in [2.45, 2.75) is 45.6 Å². The second kappa shape index (κ2) is 6.73. The van der Waals surface area contributed by atoms with Gasteiger partial charge < -0.3 is 5.32 Å². The smallest absolute Gasteiger partial charge is 0.223 e. The van der Waals surface area contributed by atoms with Crippen molar-refractivity contribution in [3.05, 3.63) is 41.9 Å². The third-order valence-corrected chi connectivity index (χ3v) is 4.20. The fourth-order valence-electron chi connectivity index (χ4n) is 2.89. The lowest BCUT2D eigenvalue weighted by Crippen LogP contribution is -2.31. The van der Waals surface area contributed by atoms with Crippen LogP contribution in [0.5, 0.6) is 0 Å². The number of pyridine rings is 1. The van der Waals surface area contributed by atoms with Gasteiger partial charge in [0.1, 0.15) is 0 Å². The zero-order valence-electron chi connectivity index (χ0n) is 13.0. The summed E-state index contributed by atoms with van der Waals surface area (Å²) >= 11 is 0. The van der Waals surface area contributed by atoms with E-state index < -0.39 is 0 Å². The number of carbonyl (C=O) groups is 1. The number of rotatable bonds is 4. The molecule has 1 saturated carbocycles. The maximum absolute atomic E-state index is 12.1. The highest BCUT2D eigenvalue weighted by molar-refractivity contribution is 5.78. The topological polar surface area (TPSA) is 59.8 Å². The van der Waals surface area contributed by atoms with E-state index >= 15 is 0 Å². The molecule has 2 aromatic heterocycles. The van der Waals surface area contributed by atoms with E-state index in [9.17, 15) is 4.79 Å². The molecule has 0 bridgehead atoms. The fraction of sp³-hybridized carbons (Fsp3) is 0.471. The van der Waals surface area contributed by atoms with E-state index in [0.717, 1.165) is 29.8 Å². The van der Waals surface area contributed by atoms with Crippen molar-refractivity contribution in [3.8, 4) is 5.82 Å². The summed E-state index contributed by atoms with van der Waals surface area (Å²) in [7, 11) is 0. The fourth-order valence-corrected chi connectivity index (χ4v) is 2.89. The molecule has 3 rings (SSSR count). The maximum Gasteiger partial charge on any atom is 0.223 e. The minimum atomic E-state index is 0.187. The Balaban J connectivity index is 1.56. The molecule has 0 radical (unpaired) electrons. The minimum Gasteiger partial charge on any atom is -0.352 e. The molecule has 1 aliphatic carbocycles. The number of hydrogen-bond acceptors (Lipinski definition) is 3. The number of carbonyl (C=O) groups excluding carboxylic acids is 1. The molecular weight excluding hydrogens is 276 g/mol. The third-order valence-electron chi connectivity index (χ3n) is 4.20. The van der Waals surface area contributed by atoms with Gasteiger partial charge in [0, 0.05) is 24.9 Å². The highest BCUT2D eigenvalue weighted by Gasteiger charge is 2.20. The van der Waals surface area contributed by atoms with Crippen molar-refractivity contribution in [2.75, 3.05) is 0 Å². The number of amides is 1. The van der Waals surface area contributed by atoms with Crippen molar-refractivity contribution in [1.29, 1.82) is 0 Å². The number of nitrogens with zero attached hydrogens (tertiary/aromatic N) is 3. The maximum atomic E-state index is 12.1. The van der Waals surface area contributed by atoms with Gasteiger partial charge in [0.05, 0.1) is 6.20 Å². The van der Waals surface area contributed by atoms with Gasteiger partial charge in [0.15, 0.2) is 5.82 Å². The molecule has 5 nitrogen and oxygen atoms in total. The summed E-state index contributed by atoms with van der Waals surface area (Å²) in [4.78, 5) is 16.5. The van der Waals surface area contributed by atoms with Gasteiger partial charge in [-0.05, 0) is 37.0 Å². The monoisotopic (exact) mass is 298 g/mol. The van der Waals surface area contributed by atoms with Crippen molar-refractivity contribution in [2.24, 2.45) is 5.92 Å². The number of hydrogen-bond donors (Lipinski definition) is 1. The van der Waals surface area contributed by atoms with Crippen LogP contribution in [0.15, 0.2) is 30.7 Å². The van der Waals surface area contributed by atoms with E-state index in [-0.39, 0.29) is 11.8 Å². The van der Waals surface area contributed by atoms with Crippen LogP contribution in [-0.4, -0.2) is 20.7 Å². The zero-order chi connectivity index (χ0) is 15.4. The standard InChI is InChI=1S/C17H22N4O/c1-13-9-20-21(12-13)16-8-7-14(10-18-16)11-19-17(22)15-5-3-2-4-6-15/h7-10,12,15H,2-6,11H2,1H3,(H,19,22). The highest BCUT2D eigenvalue weighted by atomic mass is 16.1. The van der Waals surface area contributed by atoms with Crippen LogP contribution in [0, 0.1) is 12.8 Å². The molecule has 0 saturated heterocycles. The molecule has 0 aromatic carbocycles. The Bertz CT molecular complexity index is 626. The van der Waals surface area contributed by atoms with Gasteiger partial charge in [-0.1, -0.05) is 25.3 Å². The molecule has 1 amide bonds. The van der Waals surface area contributed by atoms with Crippen molar-refractivity contribution >= 4 is 5.91 Å². The molecule has 0 atom stereocenters. The van der Waals surface area contributed by atoms with Gasteiger partial charge >= 0.3 is 0 Å². The summed E-state index contributed by atoms with van der Waals surface area (Å²) in [6.45, 7) is 2.54. The Kier molecular flexibility index (Phi) is 4.51. The summed E-state index contributed by atoms with van der Waals surface area (Å²) < 4.78 is 1.75. The van der Waals surface area contributed by atoms with Crippen molar-refractivity contribution in [1.82, 2.24) is 20.1 Å². The van der Waals surface area contributed by atoms with Gasteiger partial charge in [0.25, 0.3) is 0 Å². The van der Waals surface area contributed by atoms with Crippen LogP contribution in [0.3, 0.4) is 0 Å². The van der Waals surface area contributed by atoms with Gasteiger partial charge in [-0.25, -0.2) is 9.67 Å². The second-order valence-corrected chi connectivity index (χ2v) is 6.04. The Morgan fingerprint density at radius 3 is 2.73 bits per heavy atom. The summed E-state index contributed by atoms with van der Waals surface area (Å²) in [6.07, 6.45) is 11.2. The number of aryl methyl sites for hydroxylation is 1. The summed E-state index contributed by atoms with van der Waals surface area (Å²) in [5.41, 5.74) is 2.11. The average Bonchev–Trinajstić information content (AvgIpc) is 3.00. The summed E-state index contributed by atoms with van der Waals surface area (Å²) in [6, 6.07) is 3.91. The van der Waals surface area contributed by atoms with Gasteiger partial charge in [-0.3, -0.25) is 4.79 Å². The van der Waals surface area contributed by atoms with Crippen LogP contribution in [0.1, 0.15) is 43.2 Å². The molecule has 0 unspecified atom stereocenters. The lowest BCUT2D eigenvalue weighted by molar-refractivity contribution is -0.126. The first-order valence-electron chi connectivity index (χ1n) is 7.96. The molecule has 1 N–H and O–H groups in total. The van der Waals surface area contributed by atoms with Gasteiger partial charge in [0.2, 0.25) is 5.91 Å². The molecule has 2 aromatic rings. The Hall–Kier alpha value is -2.17. The van der Waals surface area contributed by atoms with Crippen molar-refractivity contribution in [3.63, 3.8) is 0 Å². The molecule has 0 aliphatic heterocycles. The van der Waals surface area contributed by atoms with E-state index in [4.69, 9.17) is 0 Å². The average molecular weight is 298 g/mol. The lowest BCUT2D eigenvalue weighted by atomic mass is 9.88. The number of aromatic nitrogens is 3. The predicted octanol–water partition coefficient (Wildman–Crippen LogP) is 2.77. The van der Waals surface area contributed by atoms with Gasteiger partial charge in [-0.2, -0.15) is 5.10 Å². The molecule has 22 heavy (non-hydrogen) atoms. The van der Waals surface area contributed by atoms with Crippen LogP contribution >= 0.6 is 0 Å². The van der Waals surface area contributed by atoms with Crippen LogP contribution in [0.2, 0.25) is 0 Å². The van der Waals surface area contributed by atoms with Crippen molar-refractivity contribution < 1.29 is 4.79 Å². The Labute approximate surface area is 130 Å². The van der Waals surface area contributed by atoms with E-state index in [2.05, 4.69) is 15.4 Å². The third kappa shape index (κ3) is 3.53. The molecule has 2 heterocycles. The molecular formula is C17H22N4O. The van der Waals surface area contributed by atoms with Gasteiger partial charge in [-0.15, -0.1) is 0 Å². The largest absolute Gasteiger partial charge is 0.352 e. The van der Waals surface area contributed by atoms with Crippen LogP contribution < -0.4 is 5.32 Å². The normalized spacial score (nSPS) is 15.7. The quantitative estimate of drug-likeness (QED) is 0.944. The summed E-state index contributed by atoms with van der Waals surface area (Å²) in [5, 5.41) is 7.27. The first-order valence-corrected chi connectivity index (χ1v) is 7.96. The van der Waals surface area contributed by atoms with Crippen LogP contribution in [0.4, 0.5) is 0 Å². The van der Waals surface area contributed by atoms with E-state index in [0.29, 0.717) is 6.54 Å². The van der Waals surface area contributed by atoms with Crippen LogP contribution in [0.25, 0.3) is 5.82 Å². The Morgan fingerprint density at radius 1 is 1.27 bits per heavy atom. The summed E-state index contributed by atoms with van der Waals surface area (Å²) in [5.74, 6) is 1.18. The molecule has 1 fully saturated rings. The van der Waals surface area contributed by atoms with Crippen LogP contribution in [-0.2, 0) is 11.3 Å². The molecule has 5 heteroatoms. The molecule has 116 valence electrons. The zero-order valence-corrected chi connectivity index (χ0v) is 13.0. The second-order valence-electron chi connectivity index (χ2n) is 6.04. The Morgan fingerprint density at radius 2 is 2.09 bits per heavy atom. The SMILES string of the molecule is Cc1cnn(-c2ccc(CNC(=O)C3CCCCC3)cn2)c1. The van der Waals surface area contributed by atoms with E-state index in [1.807, 2.05) is 25.3 Å².